The SMILES string of the molecule is COc1ccc(C(C)NC(=O)NCCCOc2ccc(Br)cc2Cl)cc1OC. The van der Waals surface area contributed by atoms with Crippen LogP contribution < -0.4 is 24.8 Å². The van der Waals surface area contributed by atoms with E-state index in [1.807, 2.05) is 31.2 Å². The van der Waals surface area contributed by atoms with E-state index in [2.05, 4.69) is 26.6 Å². The Balaban J connectivity index is 1.73. The van der Waals surface area contributed by atoms with Gasteiger partial charge in [0.15, 0.2) is 11.5 Å². The van der Waals surface area contributed by atoms with E-state index in [1.54, 1.807) is 26.4 Å². The number of carbonyl (C=O) groups is 1. The molecule has 1 atom stereocenters. The fraction of sp³-hybridized carbons (Fsp3) is 0.350. The van der Waals surface area contributed by atoms with Gasteiger partial charge in [-0.3, -0.25) is 0 Å². The van der Waals surface area contributed by atoms with Gasteiger partial charge in [-0.1, -0.05) is 33.6 Å². The van der Waals surface area contributed by atoms with Crippen LogP contribution in [0, 0.1) is 0 Å². The van der Waals surface area contributed by atoms with Crippen LogP contribution in [0.15, 0.2) is 40.9 Å². The zero-order chi connectivity index (χ0) is 20.5. The summed E-state index contributed by atoms with van der Waals surface area (Å²) in [4.78, 5) is 12.1. The number of nitrogens with one attached hydrogen (secondary N) is 2. The third kappa shape index (κ3) is 6.49. The topological polar surface area (TPSA) is 68.8 Å². The highest BCUT2D eigenvalue weighted by molar-refractivity contribution is 9.10. The smallest absolute Gasteiger partial charge is 0.315 e. The van der Waals surface area contributed by atoms with Gasteiger partial charge < -0.3 is 24.8 Å². The first-order valence-corrected chi connectivity index (χ1v) is 9.95. The van der Waals surface area contributed by atoms with Gasteiger partial charge in [-0.05, 0) is 49.2 Å². The maximum Gasteiger partial charge on any atom is 0.315 e. The summed E-state index contributed by atoms with van der Waals surface area (Å²) in [6, 6.07) is 10.6. The van der Waals surface area contributed by atoms with Gasteiger partial charge >= 0.3 is 6.03 Å². The minimum Gasteiger partial charge on any atom is -0.493 e. The average Bonchev–Trinajstić information content (AvgIpc) is 2.68. The molecule has 2 N–H and O–H groups in total. The minimum atomic E-state index is -0.246. The van der Waals surface area contributed by atoms with Crippen LogP contribution in [-0.2, 0) is 0 Å². The van der Waals surface area contributed by atoms with Crippen molar-refractivity contribution in [1.82, 2.24) is 10.6 Å². The highest BCUT2D eigenvalue weighted by atomic mass is 79.9. The molecule has 2 aromatic rings. The lowest BCUT2D eigenvalue weighted by Gasteiger charge is -2.17. The van der Waals surface area contributed by atoms with E-state index < -0.39 is 0 Å². The molecule has 1 unspecified atom stereocenters. The molecule has 2 rings (SSSR count). The zero-order valence-corrected chi connectivity index (χ0v) is 18.4. The quantitative estimate of drug-likeness (QED) is 0.508. The van der Waals surface area contributed by atoms with Crippen molar-refractivity contribution in [2.45, 2.75) is 19.4 Å². The van der Waals surface area contributed by atoms with Gasteiger partial charge in [0, 0.05) is 11.0 Å². The van der Waals surface area contributed by atoms with Crippen LogP contribution in [0.1, 0.15) is 24.9 Å². The fourth-order valence-corrected chi connectivity index (χ4v) is 3.23. The van der Waals surface area contributed by atoms with Crippen molar-refractivity contribution in [2.75, 3.05) is 27.4 Å². The first-order chi connectivity index (χ1) is 13.4. The number of rotatable bonds is 9. The van der Waals surface area contributed by atoms with Crippen LogP contribution in [0.3, 0.4) is 0 Å². The number of urea groups is 1. The van der Waals surface area contributed by atoms with Crippen molar-refractivity contribution in [3.05, 3.63) is 51.5 Å². The molecule has 0 radical (unpaired) electrons. The number of methoxy groups -OCH3 is 2. The third-order valence-electron chi connectivity index (χ3n) is 4.01. The Labute approximate surface area is 178 Å². The molecule has 0 spiro atoms. The molecule has 0 heterocycles. The van der Waals surface area contributed by atoms with E-state index in [0.717, 1.165) is 10.0 Å². The summed E-state index contributed by atoms with van der Waals surface area (Å²) in [5.74, 6) is 1.89. The summed E-state index contributed by atoms with van der Waals surface area (Å²) in [6.07, 6.45) is 0.657. The van der Waals surface area contributed by atoms with E-state index >= 15 is 0 Å². The third-order valence-corrected chi connectivity index (χ3v) is 4.80. The Morgan fingerprint density at radius 1 is 1.11 bits per heavy atom. The van der Waals surface area contributed by atoms with Crippen LogP contribution in [0.5, 0.6) is 17.2 Å². The van der Waals surface area contributed by atoms with E-state index in [0.29, 0.717) is 41.8 Å². The van der Waals surface area contributed by atoms with Gasteiger partial charge in [-0.15, -0.1) is 0 Å². The van der Waals surface area contributed by atoms with Gasteiger partial charge in [0.05, 0.1) is 31.9 Å². The summed E-state index contributed by atoms with van der Waals surface area (Å²) in [5, 5.41) is 6.26. The van der Waals surface area contributed by atoms with Gasteiger partial charge in [-0.25, -0.2) is 4.79 Å². The first-order valence-electron chi connectivity index (χ1n) is 8.78. The molecule has 6 nitrogen and oxygen atoms in total. The molecule has 0 aliphatic carbocycles. The molecule has 2 aromatic carbocycles. The second-order valence-corrected chi connectivity index (χ2v) is 7.34. The lowest BCUT2D eigenvalue weighted by atomic mass is 10.1. The number of hydrogen-bond donors (Lipinski definition) is 2. The summed E-state index contributed by atoms with van der Waals surface area (Å²) < 4.78 is 17.0. The standard InChI is InChI=1S/C20H24BrClN2O4/c1-13(14-5-7-18(26-2)19(11-14)27-3)24-20(25)23-9-4-10-28-17-8-6-15(21)12-16(17)22/h5-8,11-13H,4,9-10H2,1-3H3,(H2,23,24,25). The number of ether oxygens (including phenoxy) is 3. The Kier molecular flexibility index (Phi) is 8.73. The normalized spacial score (nSPS) is 11.5. The molecule has 0 aliphatic rings. The monoisotopic (exact) mass is 470 g/mol. The van der Waals surface area contributed by atoms with E-state index in [4.69, 9.17) is 25.8 Å². The summed E-state index contributed by atoms with van der Waals surface area (Å²) >= 11 is 9.45. The summed E-state index contributed by atoms with van der Waals surface area (Å²) in [7, 11) is 3.16. The van der Waals surface area contributed by atoms with Gasteiger partial charge in [0.1, 0.15) is 5.75 Å². The highest BCUT2D eigenvalue weighted by Gasteiger charge is 2.12. The van der Waals surface area contributed by atoms with E-state index in [1.165, 1.54) is 0 Å². The second-order valence-electron chi connectivity index (χ2n) is 6.01. The number of halogens is 2. The highest BCUT2D eigenvalue weighted by Crippen LogP contribution is 2.30. The van der Waals surface area contributed by atoms with Crippen molar-refractivity contribution in [2.24, 2.45) is 0 Å². The maximum absolute atomic E-state index is 12.1. The second kappa shape index (κ2) is 11.0. The molecule has 8 heteroatoms. The molecule has 152 valence electrons. The molecule has 2 amide bonds. The first kappa shape index (κ1) is 22.2. The Hall–Kier alpha value is -2.12. The fourth-order valence-electron chi connectivity index (χ4n) is 2.50. The van der Waals surface area contributed by atoms with Crippen LogP contribution in [-0.4, -0.2) is 33.4 Å². The predicted octanol–water partition coefficient (Wildman–Crippen LogP) is 4.95. The summed E-state index contributed by atoms with van der Waals surface area (Å²) in [6.45, 7) is 2.84. The van der Waals surface area contributed by atoms with Gasteiger partial charge in [0.25, 0.3) is 0 Å². The van der Waals surface area contributed by atoms with Crippen LogP contribution >= 0.6 is 27.5 Å². The van der Waals surface area contributed by atoms with Crippen LogP contribution in [0.25, 0.3) is 0 Å². The van der Waals surface area contributed by atoms with Crippen molar-refractivity contribution < 1.29 is 19.0 Å². The predicted molar refractivity (Wildman–Crippen MR) is 114 cm³/mol. The molecular formula is C20H24BrClN2O4. The number of carbonyl (C=O) groups excluding carboxylic acids is 1. The van der Waals surface area contributed by atoms with Gasteiger partial charge in [0.2, 0.25) is 0 Å². The van der Waals surface area contributed by atoms with Crippen molar-refractivity contribution in [1.29, 1.82) is 0 Å². The number of benzene rings is 2. The van der Waals surface area contributed by atoms with Crippen molar-refractivity contribution >= 4 is 33.6 Å². The Morgan fingerprint density at radius 3 is 2.50 bits per heavy atom. The molecular weight excluding hydrogens is 448 g/mol. The molecule has 0 bridgehead atoms. The average molecular weight is 472 g/mol. The zero-order valence-electron chi connectivity index (χ0n) is 16.1. The minimum absolute atomic E-state index is 0.183. The Morgan fingerprint density at radius 2 is 1.82 bits per heavy atom. The molecule has 0 aliphatic heterocycles. The van der Waals surface area contributed by atoms with E-state index in [9.17, 15) is 4.79 Å². The lowest BCUT2D eigenvalue weighted by molar-refractivity contribution is 0.236. The Bertz CT molecular complexity index is 804. The van der Waals surface area contributed by atoms with E-state index in [-0.39, 0.29) is 12.1 Å². The van der Waals surface area contributed by atoms with Crippen molar-refractivity contribution in [3.63, 3.8) is 0 Å². The van der Waals surface area contributed by atoms with Crippen LogP contribution in [0.4, 0.5) is 4.79 Å². The lowest BCUT2D eigenvalue weighted by Crippen LogP contribution is -2.37. The molecule has 0 saturated carbocycles. The molecule has 0 saturated heterocycles. The molecule has 0 aromatic heterocycles. The largest absolute Gasteiger partial charge is 0.493 e. The summed E-state index contributed by atoms with van der Waals surface area (Å²) in [5.41, 5.74) is 0.918. The van der Waals surface area contributed by atoms with Crippen LogP contribution in [0.2, 0.25) is 5.02 Å². The number of hydrogen-bond acceptors (Lipinski definition) is 4. The van der Waals surface area contributed by atoms with Crippen molar-refractivity contribution in [3.8, 4) is 17.2 Å². The maximum atomic E-state index is 12.1. The molecule has 28 heavy (non-hydrogen) atoms. The number of amides is 2. The van der Waals surface area contributed by atoms with Gasteiger partial charge in [-0.2, -0.15) is 0 Å². The molecule has 0 fully saturated rings.